The summed E-state index contributed by atoms with van der Waals surface area (Å²) in [6, 6.07) is 3.65. The molecule has 2 aliphatic heterocycles. The number of thiazole rings is 1. The van der Waals surface area contributed by atoms with Gasteiger partial charge in [0.05, 0.1) is 37.4 Å². The quantitative estimate of drug-likeness (QED) is 0.661. The van der Waals surface area contributed by atoms with Crippen molar-refractivity contribution in [1.82, 2.24) is 9.88 Å². The van der Waals surface area contributed by atoms with Crippen LogP contribution < -0.4 is 19.3 Å². The Morgan fingerprint density at radius 2 is 1.89 bits per heavy atom. The van der Waals surface area contributed by atoms with Crippen molar-refractivity contribution in [2.75, 3.05) is 45.4 Å². The highest BCUT2D eigenvalue weighted by Gasteiger charge is 2.33. The highest BCUT2D eigenvalue weighted by molar-refractivity contribution is 7.22. The molecule has 3 heterocycles. The van der Waals surface area contributed by atoms with E-state index >= 15 is 0 Å². The minimum Gasteiger partial charge on any atom is -0.454 e. The molecule has 1 fully saturated rings. The zero-order valence-corrected chi connectivity index (χ0v) is 16.5. The van der Waals surface area contributed by atoms with Crippen LogP contribution >= 0.6 is 11.3 Å². The van der Waals surface area contributed by atoms with Gasteiger partial charge in [-0.15, -0.1) is 0 Å². The number of imide groups is 1. The lowest BCUT2D eigenvalue weighted by molar-refractivity contribution is -0.856. The normalized spacial score (nSPS) is 15.9. The molecule has 1 saturated heterocycles. The number of anilines is 1. The number of ether oxygens (including phenoxy) is 2. The van der Waals surface area contributed by atoms with E-state index in [9.17, 15) is 14.4 Å². The van der Waals surface area contributed by atoms with Crippen LogP contribution in [-0.4, -0.2) is 68.1 Å². The van der Waals surface area contributed by atoms with Gasteiger partial charge in [0.1, 0.15) is 6.54 Å². The molecule has 10 heteroatoms. The summed E-state index contributed by atoms with van der Waals surface area (Å²) in [5.41, 5.74) is 0.715. The Bertz CT molecular complexity index is 900. The number of benzene rings is 1. The molecule has 1 aromatic heterocycles. The monoisotopic (exact) mass is 405 g/mol. The van der Waals surface area contributed by atoms with Gasteiger partial charge in [-0.05, 0) is 0 Å². The highest BCUT2D eigenvalue weighted by atomic mass is 32.1. The van der Waals surface area contributed by atoms with Crippen molar-refractivity contribution in [2.24, 2.45) is 0 Å². The van der Waals surface area contributed by atoms with E-state index in [1.165, 1.54) is 16.2 Å². The molecule has 2 aromatic rings. The smallest absolute Gasteiger partial charge is 0.249 e. The van der Waals surface area contributed by atoms with Crippen LogP contribution in [0.3, 0.4) is 0 Å². The van der Waals surface area contributed by atoms with Gasteiger partial charge in [0, 0.05) is 25.0 Å². The summed E-state index contributed by atoms with van der Waals surface area (Å²) in [6.45, 7) is 1.07. The molecular formula is C18H21N4O5S+. The fourth-order valence-electron chi connectivity index (χ4n) is 3.10. The Labute approximate surface area is 165 Å². The zero-order valence-electron chi connectivity index (χ0n) is 15.7. The van der Waals surface area contributed by atoms with E-state index in [0.29, 0.717) is 35.2 Å². The lowest BCUT2D eigenvalue weighted by atomic mass is 10.3. The largest absolute Gasteiger partial charge is 0.454 e. The number of quaternary nitrogens is 1. The molecular weight excluding hydrogens is 384 g/mol. The number of carbonyl (C=O) groups is 3. The Morgan fingerprint density at radius 1 is 1.21 bits per heavy atom. The molecule has 1 N–H and O–H groups in total. The van der Waals surface area contributed by atoms with E-state index in [1.54, 1.807) is 11.0 Å². The molecule has 0 saturated carbocycles. The predicted molar refractivity (Wildman–Crippen MR) is 102 cm³/mol. The molecule has 4 rings (SSSR count). The number of fused-ring (bicyclic) bond motifs is 2. The summed E-state index contributed by atoms with van der Waals surface area (Å²) in [5.74, 6) is 0.377. The summed E-state index contributed by atoms with van der Waals surface area (Å²) in [6.07, 6.45) is 0.335. The fourth-order valence-corrected chi connectivity index (χ4v) is 4.12. The summed E-state index contributed by atoms with van der Waals surface area (Å²) in [4.78, 5) is 45.1. The number of hydrogen-bond donors (Lipinski definition) is 1. The number of carbonyl (C=O) groups excluding carboxylic acids is 3. The van der Waals surface area contributed by atoms with Crippen LogP contribution in [0.15, 0.2) is 12.1 Å². The minimum atomic E-state index is -0.316. The number of rotatable bonds is 6. The van der Waals surface area contributed by atoms with Gasteiger partial charge in [0.15, 0.2) is 16.6 Å². The Balaban J connectivity index is 1.61. The molecule has 28 heavy (non-hydrogen) atoms. The summed E-state index contributed by atoms with van der Waals surface area (Å²) in [7, 11) is 3.99. The average molecular weight is 405 g/mol. The molecule has 0 spiro atoms. The van der Waals surface area contributed by atoms with Gasteiger partial charge in [-0.1, -0.05) is 11.3 Å². The average Bonchev–Trinajstić information content (AvgIpc) is 3.34. The molecule has 148 valence electrons. The van der Waals surface area contributed by atoms with E-state index < -0.39 is 0 Å². The van der Waals surface area contributed by atoms with Crippen molar-refractivity contribution < 1.29 is 28.8 Å². The van der Waals surface area contributed by atoms with Crippen LogP contribution in [0.5, 0.6) is 11.5 Å². The Kier molecular flexibility index (Phi) is 4.90. The number of hydrogen-bond acceptors (Lipinski definition) is 7. The van der Waals surface area contributed by atoms with Crippen LogP contribution in [0.2, 0.25) is 0 Å². The van der Waals surface area contributed by atoms with Crippen molar-refractivity contribution in [1.29, 1.82) is 0 Å². The predicted octanol–water partition coefficient (Wildman–Crippen LogP) is -0.348. The second-order valence-corrected chi connectivity index (χ2v) is 8.05. The van der Waals surface area contributed by atoms with Crippen LogP contribution in [0, 0.1) is 0 Å². The van der Waals surface area contributed by atoms with Crippen LogP contribution in [0.1, 0.15) is 12.8 Å². The Hall–Kier alpha value is -2.72. The summed E-state index contributed by atoms with van der Waals surface area (Å²) in [5, 5.41) is 0.531. The van der Waals surface area contributed by atoms with E-state index in [-0.39, 0.29) is 43.9 Å². The number of likely N-dealkylation sites (N-methyl/N-ethyl adjacent to an activating group) is 1. The van der Waals surface area contributed by atoms with Crippen LogP contribution in [0.25, 0.3) is 10.2 Å². The standard InChI is InChI=1S/C18H20N4O5S/c1-20(2)5-6-21(17(25)9-22-15(23)3-4-16(22)24)18-19-11-7-12-13(27-10-26-12)8-14(11)28-18/h7-8H,3-6,9-10H2,1-2H3/p+1. The highest BCUT2D eigenvalue weighted by Crippen LogP contribution is 2.39. The van der Waals surface area contributed by atoms with Crippen LogP contribution in [-0.2, 0) is 14.4 Å². The number of amides is 3. The first-order chi connectivity index (χ1) is 13.4. The van der Waals surface area contributed by atoms with Gasteiger partial charge in [0.25, 0.3) is 0 Å². The first-order valence-corrected chi connectivity index (χ1v) is 9.87. The van der Waals surface area contributed by atoms with E-state index in [1.807, 2.05) is 20.2 Å². The molecule has 0 atom stereocenters. The van der Waals surface area contributed by atoms with Crippen molar-refractivity contribution >= 4 is 44.4 Å². The van der Waals surface area contributed by atoms with Gasteiger partial charge in [-0.3, -0.25) is 24.2 Å². The molecule has 0 aliphatic carbocycles. The van der Waals surface area contributed by atoms with Gasteiger partial charge in [-0.2, -0.15) is 0 Å². The van der Waals surface area contributed by atoms with E-state index in [0.717, 1.165) is 9.60 Å². The second kappa shape index (κ2) is 7.36. The number of likely N-dealkylation sites (tertiary alicyclic amines) is 1. The third-order valence-corrected chi connectivity index (χ3v) is 5.73. The minimum absolute atomic E-state index is 0.167. The number of nitrogens with zero attached hydrogens (tertiary/aromatic N) is 3. The molecule has 1 aromatic carbocycles. The van der Waals surface area contributed by atoms with Crippen molar-refractivity contribution in [2.45, 2.75) is 12.8 Å². The molecule has 3 amide bonds. The maximum atomic E-state index is 13.0. The molecule has 2 aliphatic rings. The maximum Gasteiger partial charge on any atom is 0.249 e. The molecule has 0 radical (unpaired) electrons. The first kappa shape index (κ1) is 18.6. The summed E-state index contributed by atoms with van der Waals surface area (Å²) < 4.78 is 11.7. The topological polar surface area (TPSA) is 93.5 Å². The van der Waals surface area contributed by atoms with Crippen molar-refractivity contribution in [3.8, 4) is 11.5 Å². The molecule has 9 nitrogen and oxygen atoms in total. The maximum absolute atomic E-state index is 13.0. The molecule has 0 unspecified atom stereocenters. The van der Waals surface area contributed by atoms with E-state index in [2.05, 4.69) is 4.98 Å². The summed E-state index contributed by atoms with van der Waals surface area (Å²) >= 11 is 1.37. The van der Waals surface area contributed by atoms with Gasteiger partial charge in [0.2, 0.25) is 24.5 Å². The fraction of sp³-hybridized carbons (Fsp3) is 0.444. The molecule has 0 bridgehead atoms. The number of nitrogens with one attached hydrogen (secondary N) is 1. The zero-order chi connectivity index (χ0) is 19.8. The van der Waals surface area contributed by atoms with Crippen molar-refractivity contribution in [3.05, 3.63) is 12.1 Å². The van der Waals surface area contributed by atoms with Gasteiger partial charge >= 0.3 is 0 Å². The van der Waals surface area contributed by atoms with Gasteiger partial charge in [-0.25, -0.2) is 4.98 Å². The first-order valence-electron chi connectivity index (χ1n) is 9.05. The third kappa shape index (κ3) is 3.52. The van der Waals surface area contributed by atoms with Gasteiger partial charge < -0.3 is 14.4 Å². The second-order valence-electron chi connectivity index (χ2n) is 7.05. The Morgan fingerprint density at radius 3 is 2.57 bits per heavy atom. The van der Waals surface area contributed by atoms with Crippen molar-refractivity contribution in [3.63, 3.8) is 0 Å². The number of aromatic nitrogens is 1. The van der Waals surface area contributed by atoms with Crippen LogP contribution in [0.4, 0.5) is 5.13 Å². The van der Waals surface area contributed by atoms with E-state index in [4.69, 9.17) is 9.47 Å². The lowest BCUT2D eigenvalue weighted by Gasteiger charge is -2.23. The lowest BCUT2D eigenvalue weighted by Crippen LogP contribution is -3.06. The SMILES string of the molecule is C[NH+](C)CCN(C(=O)CN1C(=O)CCC1=O)c1nc2cc3c(cc2s1)OCO3. The third-order valence-electron chi connectivity index (χ3n) is 4.69.